The summed E-state index contributed by atoms with van der Waals surface area (Å²) in [6, 6.07) is 10.3. The van der Waals surface area contributed by atoms with Crippen molar-refractivity contribution in [1.29, 1.82) is 0 Å². The highest BCUT2D eigenvalue weighted by molar-refractivity contribution is 6.42. The standard InChI is InChI=1S/C28H20Cl2F4N6O3/c29-17-6-5-14(7-18(17)30)28(33,34)25-38-37-22(43-25)16-10-39(24(42)21-9-35-19-3-1-2-4-20(19)36-21)11-26(16)12-40(13-26)23(41)15-8-27(15,31)32/h1-7,9,15-16H,8,10-13H2. The zero-order valence-electron chi connectivity index (χ0n) is 22.0. The molecule has 3 fully saturated rings. The Bertz CT molecular complexity index is 1800. The third-order valence-corrected chi connectivity index (χ3v) is 9.08. The Kier molecular flexibility index (Phi) is 6.23. The lowest BCUT2D eigenvalue weighted by molar-refractivity contribution is -0.147. The van der Waals surface area contributed by atoms with Crippen molar-refractivity contribution in [2.45, 2.75) is 24.2 Å². The van der Waals surface area contributed by atoms with E-state index in [9.17, 15) is 18.4 Å². The monoisotopic (exact) mass is 634 g/mol. The molecule has 0 N–H and O–H groups in total. The van der Waals surface area contributed by atoms with Gasteiger partial charge in [-0.3, -0.25) is 14.6 Å². The van der Waals surface area contributed by atoms with Crippen molar-refractivity contribution in [3.05, 3.63) is 81.7 Å². The van der Waals surface area contributed by atoms with Crippen molar-refractivity contribution >= 4 is 46.0 Å². The normalized spacial score (nSPS) is 22.2. The van der Waals surface area contributed by atoms with Gasteiger partial charge < -0.3 is 14.2 Å². The Hall–Kier alpha value is -3.84. The van der Waals surface area contributed by atoms with E-state index < -0.39 is 58.8 Å². The molecular weight excluding hydrogens is 615 g/mol. The molecule has 222 valence electrons. The number of likely N-dealkylation sites (tertiary alicyclic amines) is 2. The van der Waals surface area contributed by atoms with Gasteiger partial charge >= 0.3 is 5.92 Å². The van der Waals surface area contributed by atoms with E-state index in [1.807, 2.05) is 0 Å². The minimum Gasteiger partial charge on any atom is -0.419 e. The van der Waals surface area contributed by atoms with Crippen LogP contribution in [0.15, 0.2) is 53.1 Å². The lowest BCUT2D eigenvalue weighted by Gasteiger charge is -2.50. The molecule has 7 rings (SSSR count). The summed E-state index contributed by atoms with van der Waals surface area (Å²) in [5.74, 6) is -11.2. The first-order valence-corrected chi connectivity index (χ1v) is 14.0. The summed E-state index contributed by atoms with van der Waals surface area (Å²) in [5.41, 5.74) is -0.230. The van der Waals surface area contributed by atoms with Gasteiger partial charge in [-0.25, -0.2) is 13.8 Å². The van der Waals surface area contributed by atoms with Crippen LogP contribution in [-0.4, -0.2) is 73.9 Å². The molecule has 43 heavy (non-hydrogen) atoms. The molecule has 1 aliphatic carbocycles. The van der Waals surface area contributed by atoms with Crippen LogP contribution < -0.4 is 0 Å². The van der Waals surface area contributed by atoms with Crippen LogP contribution in [0.3, 0.4) is 0 Å². The molecule has 0 bridgehead atoms. The molecule has 2 saturated heterocycles. The number of nitrogens with zero attached hydrogens (tertiary/aromatic N) is 6. The van der Waals surface area contributed by atoms with Gasteiger partial charge in [-0.1, -0.05) is 41.4 Å². The number of carbonyl (C=O) groups is 2. The first kappa shape index (κ1) is 28.0. The van der Waals surface area contributed by atoms with Gasteiger partial charge in [0.25, 0.3) is 17.7 Å². The number of carbonyl (C=O) groups excluding carboxylic acids is 2. The second kappa shape index (κ2) is 9.58. The van der Waals surface area contributed by atoms with Crippen molar-refractivity contribution in [2.75, 3.05) is 26.2 Å². The second-order valence-corrected chi connectivity index (χ2v) is 12.0. The molecule has 2 aromatic carbocycles. The summed E-state index contributed by atoms with van der Waals surface area (Å²) in [4.78, 5) is 37.7. The number of benzene rings is 2. The third kappa shape index (κ3) is 4.60. The van der Waals surface area contributed by atoms with Gasteiger partial charge in [0.1, 0.15) is 11.6 Å². The topological polar surface area (TPSA) is 105 Å². The Morgan fingerprint density at radius 2 is 1.67 bits per heavy atom. The van der Waals surface area contributed by atoms with Crippen molar-refractivity contribution < 1.29 is 31.6 Å². The van der Waals surface area contributed by atoms with Crippen LogP contribution in [0, 0.1) is 11.3 Å². The Balaban J connectivity index is 1.18. The fourth-order valence-electron chi connectivity index (χ4n) is 5.89. The molecule has 4 heterocycles. The van der Waals surface area contributed by atoms with Gasteiger partial charge in [-0.15, -0.1) is 10.2 Å². The van der Waals surface area contributed by atoms with E-state index in [1.165, 1.54) is 22.1 Å². The molecule has 2 atom stereocenters. The van der Waals surface area contributed by atoms with E-state index in [0.717, 1.165) is 12.1 Å². The van der Waals surface area contributed by atoms with E-state index in [1.54, 1.807) is 24.3 Å². The van der Waals surface area contributed by atoms with Gasteiger partial charge in [0, 0.05) is 43.6 Å². The van der Waals surface area contributed by atoms with Crippen LogP contribution in [0.2, 0.25) is 10.0 Å². The van der Waals surface area contributed by atoms with Crippen LogP contribution in [-0.2, 0) is 10.7 Å². The van der Waals surface area contributed by atoms with Gasteiger partial charge in [-0.2, -0.15) is 8.78 Å². The number of aromatic nitrogens is 4. The number of rotatable bonds is 5. The summed E-state index contributed by atoms with van der Waals surface area (Å²) in [7, 11) is 0. The fourth-order valence-corrected chi connectivity index (χ4v) is 6.19. The molecule has 4 aromatic rings. The molecule has 1 spiro atoms. The van der Waals surface area contributed by atoms with Crippen LogP contribution in [0.25, 0.3) is 11.0 Å². The number of alkyl halides is 4. The highest BCUT2D eigenvalue weighted by atomic mass is 35.5. The Labute approximate surface area is 250 Å². The third-order valence-electron chi connectivity index (χ3n) is 8.34. The maximum atomic E-state index is 15.4. The first-order chi connectivity index (χ1) is 20.4. The summed E-state index contributed by atoms with van der Waals surface area (Å²) < 4.78 is 63.5. The highest BCUT2D eigenvalue weighted by Crippen LogP contribution is 2.54. The second-order valence-electron chi connectivity index (χ2n) is 11.2. The van der Waals surface area contributed by atoms with Crippen molar-refractivity contribution in [3.63, 3.8) is 0 Å². The molecule has 0 radical (unpaired) electrons. The average Bonchev–Trinajstić information content (AvgIpc) is 3.31. The van der Waals surface area contributed by atoms with Crippen LogP contribution in [0.4, 0.5) is 17.6 Å². The Morgan fingerprint density at radius 1 is 0.977 bits per heavy atom. The van der Waals surface area contributed by atoms with Gasteiger partial charge in [0.15, 0.2) is 0 Å². The number of amides is 2. The van der Waals surface area contributed by atoms with Crippen LogP contribution >= 0.6 is 23.2 Å². The minimum atomic E-state index is -3.72. The van der Waals surface area contributed by atoms with Gasteiger partial charge in [0.2, 0.25) is 11.8 Å². The smallest absolute Gasteiger partial charge is 0.349 e. The first-order valence-electron chi connectivity index (χ1n) is 13.2. The lowest BCUT2D eigenvalue weighted by atomic mass is 9.71. The molecule has 2 aliphatic heterocycles. The van der Waals surface area contributed by atoms with Crippen molar-refractivity contribution in [1.82, 2.24) is 30.0 Å². The van der Waals surface area contributed by atoms with Crippen LogP contribution in [0.5, 0.6) is 0 Å². The van der Waals surface area contributed by atoms with Crippen LogP contribution in [0.1, 0.15) is 40.2 Å². The van der Waals surface area contributed by atoms with E-state index >= 15 is 8.78 Å². The molecule has 15 heteroatoms. The zero-order chi connectivity index (χ0) is 30.3. The molecule has 2 aromatic heterocycles. The molecule has 2 amide bonds. The molecule has 2 unspecified atom stereocenters. The maximum absolute atomic E-state index is 15.4. The number of para-hydroxylation sites is 2. The molecular formula is C28H20Cl2F4N6O3. The molecule has 3 aliphatic rings. The maximum Gasteiger partial charge on any atom is 0.349 e. The largest absolute Gasteiger partial charge is 0.419 e. The lowest BCUT2D eigenvalue weighted by Crippen LogP contribution is -2.62. The van der Waals surface area contributed by atoms with E-state index in [0.29, 0.717) is 11.0 Å². The number of hydrogen-bond donors (Lipinski definition) is 0. The predicted octanol–water partition coefficient (Wildman–Crippen LogP) is 5.18. The van der Waals surface area contributed by atoms with E-state index in [-0.39, 0.29) is 47.8 Å². The highest BCUT2D eigenvalue weighted by Gasteiger charge is 2.66. The summed E-state index contributed by atoms with van der Waals surface area (Å²) in [6.07, 6.45) is 0.833. The van der Waals surface area contributed by atoms with Gasteiger partial charge in [-0.05, 0) is 24.3 Å². The average molecular weight is 635 g/mol. The predicted molar refractivity (Wildman–Crippen MR) is 144 cm³/mol. The fraction of sp³-hybridized carbons (Fsp3) is 0.357. The van der Waals surface area contributed by atoms with E-state index in [4.69, 9.17) is 27.6 Å². The quantitative estimate of drug-likeness (QED) is 0.278. The SMILES string of the molecule is O=C(c1cnc2ccccc2n1)N1CC(c2nnc(C(F)(F)c3ccc(Cl)c(Cl)c3)o2)C2(C1)CN(C(=O)C1CC1(F)F)C2. The van der Waals surface area contributed by atoms with E-state index in [2.05, 4.69) is 20.2 Å². The Morgan fingerprint density at radius 3 is 2.37 bits per heavy atom. The number of fused-ring (bicyclic) bond motifs is 1. The molecule has 1 saturated carbocycles. The summed E-state index contributed by atoms with van der Waals surface area (Å²) >= 11 is 11.8. The van der Waals surface area contributed by atoms with Crippen molar-refractivity contribution in [3.8, 4) is 0 Å². The molecule has 9 nitrogen and oxygen atoms in total. The summed E-state index contributed by atoms with van der Waals surface area (Å²) in [5, 5.41) is 7.53. The number of hydrogen-bond acceptors (Lipinski definition) is 7. The summed E-state index contributed by atoms with van der Waals surface area (Å²) in [6.45, 7) is 0.0833. The minimum absolute atomic E-state index is 0.0111. The zero-order valence-corrected chi connectivity index (χ0v) is 23.5. The number of halogens is 6. The van der Waals surface area contributed by atoms with Crippen molar-refractivity contribution in [2.24, 2.45) is 11.3 Å². The van der Waals surface area contributed by atoms with Gasteiger partial charge in [0.05, 0.1) is 33.2 Å².